The van der Waals surface area contributed by atoms with E-state index in [9.17, 15) is 14.7 Å². The van der Waals surface area contributed by atoms with Gasteiger partial charge in [0.2, 0.25) is 0 Å². The largest absolute Gasteiger partial charge is 0.444 e. The second-order valence-electron chi connectivity index (χ2n) is 9.69. The van der Waals surface area contributed by atoms with Crippen LogP contribution in [0.5, 0.6) is 5.75 Å². The maximum Gasteiger partial charge on any atom is 0.410 e. The average Bonchev–Trinajstić information content (AvgIpc) is 2.82. The number of benzene rings is 3. The first-order valence-corrected chi connectivity index (χ1v) is 12.4. The summed E-state index contributed by atoms with van der Waals surface area (Å²) in [7, 11) is 0. The second-order valence-corrected chi connectivity index (χ2v) is 10.1. The van der Waals surface area contributed by atoms with Crippen molar-refractivity contribution in [1.82, 2.24) is 4.90 Å². The van der Waals surface area contributed by atoms with Gasteiger partial charge in [-0.25, -0.2) is 4.79 Å². The molecule has 3 aromatic rings. The molecule has 1 atom stereocenters. The zero-order chi connectivity index (χ0) is 27.0. The van der Waals surface area contributed by atoms with Gasteiger partial charge in [0.25, 0.3) is 0 Å². The van der Waals surface area contributed by atoms with Crippen molar-refractivity contribution < 1.29 is 24.2 Å². The molecule has 196 valence electrons. The van der Waals surface area contributed by atoms with Gasteiger partial charge in [-0.15, -0.1) is 0 Å². The van der Waals surface area contributed by atoms with Gasteiger partial charge in [0, 0.05) is 29.9 Å². The van der Waals surface area contributed by atoms with Gasteiger partial charge >= 0.3 is 12.1 Å². The van der Waals surface area contributed by atoms with Crippen LogP contribution in [-0.4, -0.2) is 40.8 Å². The van der Waals surface area contributed by atoms with E-state index >= 15 is 0 Å². The van der Waals surface area contributed by atoms with Gasteiger partial charge < -0.3 is 24.8 Å². The van der Waals surface area contributed by atoms with Crippen LogP contribution >= 0.6 is 11.6 Å². The maximum atomic E-state index is 12.9. The molecule has 0 aliphatic carbocycles. The first kappa shape index (κ1) is 28.0. The fourth-order valence-corrected chi connectivity index (χ4v) is 3.77. The number of esters is 1. The third-order valence-electron chi connectivity index (χ3n) is 5.31. The molecule has 37 heavy (non-hydrogen) atoms. The molecule has 0 spiro atoms. The van der Waals surface area contributed by atoms with E-state index in [4.69, 9.17) is 21.1 Å². The van der Waals surface area contributed by atoms with Crippen LogP contribution < -0.4 is 10.1 Å². The quantitative estimate of drug-likeness (QED) is 0.244. The molecule has 0 radical (unpaired) electrons. The second kappa shape index (κ2) is 12.6. The van der Waals surface area contributed by atoms with Gasteiger partial charge in [-0.05, 0) is 86.8 Å². The summed E-state index contributed by atoms with van der Waals surface area (Å²) in [6.07, 6.45) is -0.798. The summed E-state index contributed by atoms with van der Waals surface area (Å²) in [5, 5.41) is 14.6. The van der Waals surface area contributed by atoms with Gasteiger partial charge in [0.1, 0.15) is 11.4 Å². The van der Waals surface area contributed by atoms with E-state index in [2.05, 4.69) is 5.32 Å². The number of nitrogens with one attached hydrogen (secondary N) is 1. The van der Waals surface area contributed by atoms with Crippen molar-refractivity contribution in [3.63, 3.8) is 0 Å². The SMILES string of the molecule is CC(=O)Oc1ccc(Nc2ccc(CCN(C[C@@H](O)c3cccc(Cl)c3)C(=O)OC(C)(C)C)cc2)cc1. The minimum Gasteiger partial charge on any atom is -0.444 e. The molecule has 0 fully saturated rings. The summed E-state index contributed by atoms with van der Waals surface area (Å²) in [6.45, 7) is 7.25. The number of amides is 1. The van der Waals surface area contributed by atoms with E-state index in [1.807, 2.05) is 57.2 Å². The fourth-order valence-electron chi connectivity index (χ4n) is 3.57. The Kier molecular flexibility index (Phi) is 9.55. The van der Waals surface area contributed by atoms with E-state index in [0.717, 1.165) is 16.9 Å². The van der Waals surface area contributed by atoms with Gasteiger partial charge in [0.05, 0.1) is 12.6 Å². The number of hydrogen-bond acceptors (Lipinski definition) is 6. The smallest absolute Gasteiger partial charge is 0.410 e. The number of rotatable bonds is 9. The van der Waals surface area contributed by atoms with Crippen molar-refractivity contribution in [2.75, 3.05) is 18.4 Å². The number of ether oxygens (including phenoxy) is 2. The Labute approximate surface area is 223 Å². The third kappa shape index (κ3) is 9.44. The molecule has 3 aromatic carbocycles. The first-order valence-electron chi connectivity index (χ1n) is 12.0. The minimum absolute atomic E-state index is 0.0816. The van der Waals surface area contributed by atoms with E-state index in [0.29, 0.717) is 29.3 Å². The van der Waals surface area contributed by atoms with E-state index in [1.165, 1.54) is 11.8 Å². The highest BCUT2D eigenvalue weighted by molar-refractivity contribution is 6.30. The van der Waals surface area contributed by atoms with Crippen LogP contribution in [0.3, 0.4) is 0 Å². The van der Waals surface area contributed by atoms with Crippen LogP contribution in [0.15, 0.2) is 72.8 Å². The Morgan fingerprint density at radius 3 is 2.19 bits per heavy atom. The van der Waals surface area contributed by atoms with Gasteiger partial charge in [0.15, 0.2) is 0 Å². The lowest BCUT2D eigenvalue weighted by atomic mass is 10.1. The number of halogens is 1. The monoisotopic (exact) mass is 524 g/mol. The molecule has 1 amide bonds. The Bertz CT molecular complexity index is 1190. The minimum atomic E-state index is -0.898. The molecule has 2 N–H and O–H groups in total. The van der Waals surface area contributed by atoms with Crippen LogP contribution in [0.1, 0.15) is 44.9 Å². The lowest BCUT2D eigenvalue weighted by molar-refractivity contribution is -0.131. The first-order chi connectivity index (χ1) is 17.5. The average molecular weight is 525 g/mol. The fraction of sp³-hybridized carbons (Fsp3) is 0.310. The van der Waals surface area contributed by atoms with Crippen molar-refractivity contribution in [2.24, 2.45) is 0 Å². The van der Waals surface area contributed by atoms with Gasteiger partial charge in [-0.2, -0.15) is 0 Å². The van der Waals surface area contributed by atoms with Crippen LogP contribution in [0.25, 0.3) is 0 Å². The van der Waals surface area contributed by atoms with E-state index in [-0.39, 0.29) is 12.5 Å². The highest BCUT2D eigenvalue weighted by atomic mass is 35.5. The number of nitrogens with zero attached hydrogens (tertiary/aromatic N) is 1. The van der Waals surface area contributed by atoms with Crippen molar-refractivity contribution in [3.05, 3.63) is 88.9 Å². The molecule has 7 nitrogen and oxygen atoms in total. The van der Waals surface area contributed by atoms with Crippen molar-refractivity contribution in [1.29, 1.82) is 0 Å². The highest BCUT2D eigenvalue weighted by Gasteiger charge is 2.24. The summed E-state index contributed by atoms with van der Waals surface area (Å²) in [4.78, 5) is 25.5. The molecule has 0 aromatic heterocycles. The third-order valence-corrected chi connectivity index (χ3v) is 5.54. The number of anilines is 2. The van der Waals surface area contributed by atoms with Crippen LogP contribution in [0.2, 0.25) is 5.02 Å². The molecular weight excluding hydrogens is 492 g/mol. The molecule has 8 heteroatoms. The van der Waals surface area contributed by atoms with Crippen molar-refractivity contribution in [2.45, 2.75) is 45.8 Å². The number of carbonyl (C=O) groups is 2. The van der Waals surface area contributed by atoms with Crippen LogP contribution in [-0.2, 0) is 16.0 Å². The molecular formula is C29H33ClN2O5. The number of aliphatic hydroxyl groups excluding tert-OH is 1. The van der Waals surface area contributed by atoms with Crippen LogP contribution in [0, 0.1) is 0 Å². The topological polar surface area (TPSA) is 88.1 Å². The Morgan fingerprint density at radius 1 is 1.00 bits per heavy atom. The zero-order valence-corrected chi connectivity index (χ0v) is 22.3. The summed E-state index contributed by atoms with van der Waals surface area (Å²) in [6, 6.07) is 21.9. The molecule has 0 saturated heterocycles. The van der Waals surface area contributed by atoms with E-state index < -0.39 is 17.8 Å². The zero-order valence-electron chi connectivity index (χ0n) is 21.5. The van der Waals surface area contributed by atoms with E-state index in [1.54, 1.807) is 36.4 Å². The lowest BCUT2D eigenvalue weighted by Crippen LogP contribution is -2.40. The summed E-state index contributed by atoms with van der Waals surface area (Å²) >= 11 is 6.07. The number of carbonyl (C=O) groups excluding carboxylic acids is 2. The van der Waals surface area contributed by atoms with Crippen molar-refractivity contribution >= 4 is 35.0 Å². The number of aliphatic hydroxyl groups is 1. The molecule has 3 rings (SSSR count). The van der Waals surface area contributed by atoms with Crippen LogP contribution in [0.4, 0.5) is 16.2 Å². The number of hydrogen-bond donors (Lipinski definition) is 2. The Balaban J connectivity index is 1.63. The predicted octanol–water partition coefficient (Wildman–Crippen LogP) is 6.52. The standard InChI is InChI=1S/C29H33ClN2O5/c1-20(33)36-26-14-12-25(13-15-26)31-24-10-8-21(9-11-24)16-17-32(28(35)37-29(2,3)4)19-27(34)22-6-5-7-23(30)18-22/h5-15,18,27,31,34H,16-17,19H2,1-4H3/t27-/m1/s1. The normalized spacial score (nSPS) is 11.9. The maximum absolute atomic E-state index is 12.9. The van der Waals surface area contributed by atoms with Crippen molar-refractivity contribution in [3.8, 4) is 5.75 Å². The summed E-state index contributed by atoms with van der Waals surface area (Å²) < 4.78 is 10.6. The van der Waals surface area contributed by atoms with Gasteiger partial charge in [-0.1, -0.05) is 35.9 Å². The molecule has 0 aliphatic heterocycles. The lowest BCUT2D eigenvalue weighted by Gasteiger charge is -2.29. The molecule has 0 bridgehead atoms. The Morgan fingerprint density at radius 2 is 1.62 bits per heavy atom. The molecule has 0 unspecified atom stereocenters. The summed E-state index contributed by atoms with van der Waals surface area (Å²) in [5.74, 6) is 0.129. The molecule has 0 heterocycles. The summed E-state index contributed by atoms with van der Waals surface area (Å²) in [5.41, 5.74) is 2.76. The Hall–Kier alpha value is -3.55. The van der Waals surface area contributed by atoms with Gasteiger partial charge in [-0.3, -0.25) is 4.79 Å². The highest BCUT2D eigenvalue weighted by Crippen LogP contribution is 2.22. The molecule has 0 saturated carbocycles. The predicted molar refractivity (Wildman–Crippen MR) is 145 cm³/mol. The molecule has 0 aliphatic rings.